The molecule has 0 atom stereocenters. The zero-order chi connectivity index (χ0) is 13.4. The fourth-order valence-corrected chi connectivity index (χ4v) is 4.02. The van der Waals surface area contributed by atoms with E-state index >= 15 is 0 Å². The van der Waals surface area contributed by atoms with Crippen molar-refractivity contribution in [1.82, 2.24) is 9.97 Å². The van der Waals surface area contributed by atoms with Crippen LogP contribution in [0.1, 0.15) is 42.5 Å². The average Bonchev–Trinajstić information content (AvgIpc) is 2.66. The van der Waals surface area contributed by atoms with Gasteiger partial charge in [0.25, 0.3) is 0 Å². The Morgan fingerprint density at radius 1 is 1.16 bits per heavy atom. The molecule has 1 aliphatic carbocycles. The van der Waals surface area contributed by atoms with Crippen molar-refractivity contribution >= 4 is 39.0 Å². The molecule has 0 aliphatic heterocycles. The third kappa shape index (κ3) is 2.56. The Balaban J connectivity index is 2.01. The quantitative estimate of drug-likeness (QED) is 0.816. The van der Waals surface area contributed by atoms with Gasteiger partial charge in [0.2, 0.25) is 5.28 Å². The van der Waals surface area contributed by atoms with Crippen LogP contribution in [0, 0.1) is 13.8 Å². The fourth-order valence-electron chi connectivity index (χ4n) is 2.77. The summed E-state index contributed by atoms with van der Waals surface area (Å²) < 4.78 is 0. The Labute approximate surface area is 122 Å². The van der Waals surface area contributed by atoms with Crippen molar-refractivity contribution < 1.29 is 0 Å². The largest absolute Gasteiger partial charge is 0.367 e. The SMILES string of the molecule is Cc1sc2nc(Cl)nc(NC3CCCCC3)c2c1C. The molecule has 0 unspecified atom stereocenters. The van der Waals surface area contributed by atoms with E-state index < -0.39 is 0 Å². The van der Waals surface area contributed by atoms with Gasteiger partial charge in [0.15, 0.2) is 0 Å². The second kappa shape index (κ2) is 5.25. The molecule has 0 bridgehead atoms. The molecular formula is C14H18ClN3S. The number of thiophene rings is 1. The molecule has 102 valence electrons. The van der Waals surface area contributed by atoms with Crippen molar-refractivity contribution in [2.24, 2.45) is 0 Å². The summed E-state index contributed by atoms with van der Waals surface area (Å²) in [5, 5.41) is 5.08. The molecule has 0 aromatic carbocycles. The van der Waals surface area contributed by atoms with Gasteiger partial charge < -0.3 is 5.32 Å². The van der Waals surface area contributed by atoms with Crippen LogP contribution in [0.3, 0.4) is 0 Å². The second-order valence-electron chi connectivity index (χ2n) is 5.28. The number of halogens is 1. The molecular weight excluding hydrogens is 278 g/mol. The minimum absolute atomic E-state index is 0.340. The molecule has 2 aromatic heterocycles. The van der Waals surface area contributed by atoms with E-state index in [-0.39, 0.29) is 0 Å². The van der Waals surface area contributed by atoms with E-state index in [1.807, 2.05) is 0 Å². The molecule has 0 spiro atoms. The molecule has 2 heterocycles. The summed E-state index contributed by atoms with van der Waals surface area (Å²) in [5.74, 6) is 0.920. The predicted molar refractivity (Wildman–Crippen MR) is 82.4 cm³/mol. The summed E-state index contributed by atoms with van der Waals surface area (Å²) in [4.78, 5) is 11.0. The van der Waals surface area contributed by atoms with Gasteiger partial charge in [-0.25, -0.2) is 9.97 Å². The second-order valence-corrected chi connectivity index (χ2v) is 6.83. The maximum Gasteiger partial charge on any atom is 0.225 e. The molecule has 3 rings (SSSR count). The smallest absolute Gasteiger partial charge is 0.225 e. The molecule has 1 fully saturated rings. The minimum atomic E-state index is 0.340. The molecule has 3 nitrogen and oxygen atoms in total. The summed E-state index contributed by atoms with van der Waals surface area (Å²) >= 11 is 7.74. The van der Waals surface area contributed by atoms with E-state index in [0.29, 0.717) is 11.3 Å². The third-order valence-corrected chi connectivity index (χ3v) is 5.22. The van der Waals surface area contributed by atoms with Gasteiger partial charge in [0, 0.05) is 10.9 Å². The molecule has 0 radical (unpaired) electrons. The number of rotatable bonds is 2. The number of nitrogens with zero attached hydrogens (tertiary/aromatic N) is 2. The van der Waals surface area contributed by atoms with Crippen LogP contribution in [0.25, 0.3) is 10.2 Å². The lowest BCUT2D eigenvalue weighted by Crippen LogP contribution is -2.23. The highest BCUT2D eigenvalue weighted by Crippen LogP contribution is 2.35. The molecule has 5 heteroatoms. The van der Waals surface area contributed by atoms with Gasteiger partial charge in [0.1, 0.15) is 10.6 Å². The van der Waals surface area contributed by atoms with Crippen LogP contribution in [0.2, 0.25) is 5.28 Å². The maximum atomic E-state index is 6.05. The number of aryl methyl sites for hydroxylation is 2. The van der Waals surface area contributed by atoms with Crippen LogP contribution < -0.4 is 5.32 Å². The minimum Gasteiger partial charge on any atom is -0.367 e. The van der Waals surface area contributed by atoms with E-state index in [1.165, 1.54) is 42.5 Å². The van der Waals surface area contributed by atoms with Gasteiger partial charge in [-0.2, -0.15) is 0 Å². The monoisotopic (exact) mass is 295 g/mol. The summed E-state index contributed by atoms with van der Waals surface area (Å²) in [7, 11) is 0. The summed E-state index contributed by atoms with van der Waals surface area (Å²) in [6.07, 6.45) is 6.42. The van der Waals surface area contributed by atoms with Crippen molar-refractivity contribution in [2.75, 3.05) is 5.32 Å². The average molecular weight is 296 g/mol. The molecule has 0 saturated heterocycles. The topological polar surface area (TPSA) is 37.8 Å². The van der Waals surface area contributed by atoms with Crippen molar-refractivity contribution in [3.8, 4) is 0 Å². The first-order chi connectivity index (χ1) is 9.15. The first-order valence-electron chi connectivity index (χ1n) is 6.85. The summed E-state index contributed by atoms with van der Waals surface area (Å²) in [6.45, 7) is 4.26. The fraction of sp³-hybridized carbons (Fsp3) is 0.571. The van der Waals surface area contributed by atoms with Crippen LogP contribution in [-0.2, 0) is 0 Å². The lowest BCUT2D eigenvalue weighted by atomic mass is 9.95. The molecule has 1 N–H and O–H groups in total. The molecule has 1 aliphatic rings. The van der Waals surface area contributed by atoms with E-state index in [1.54, 1.807) is 11.3 Å². The highest BCUT2D eigenvalue weighted by atomic mass is 35.5. The molecule has 1 saturated carbocycles. The van der Waals surface area contributed by atoms with Gasteiger partial charge in [0.05, 0.1) is 5.39 Å². The highest BCUT2D eigenvalue weighted by Gasteiger charge is 2.18. The van der Waals surface area contributed by atoms with Gasteiger partial charge >= 0.3 is 0 Å². The number of nitrogens with one attached hydrogen (secondary N) is 1. The van der Waals surface area contributed by atoms with Gasteiger partial charge in [-0.05, 0) is 43.9 Å². The van der Waals surface area contributed by atoms with Crippen LogP contribution in [0.15, 0.2) is 0 Å². The molecule has 2 aromatic rings. The summed E-state index contributed by atoms with van der Waals surface area (Å²) in [5.41, 5.74) is 1.27. The lowest BCUT2D eigenvalue weighted by molar-refractivity contribution is 0.462. The van der Waals surface area contributed by atoms with E-state index in [4.69, 9.17) is 11.6 Å². The Kier molecular flexibility index (Phi) is 3.63. The summed E-state index contributed by atoms with van der Waals surface area (Å²) in [6, 6.07) is 0.530. The zero-order valence-electron chi connectivity index (χ0n) is 11.3. The Morgan fingerprint density at radius 3 is 2.63 bits per heavy atom. The van der Waals surface area contributed by atoms with Crippen molar-refractivity contribution in [3.05, 3.63) is 15.7 Å². The number of aromatic nitrogens is 2. The van der Waals surface area contributed by atoms with Crippen LogP contribution in [-0.4, -0.2) is 16.0 Å². The number of hydrogen-bond acceptors (Lipinski definition) is 4. The lowest BCUT2D eigenvalue weighted by Gasteiger charge is -2.23. The number of anilines is 1. The van der Waals surface area contributed by atoms with Crippen LogP contribution in [0.4, 0.5) is 5.82 Å². The Hall–Kier alpha value is -0.870. The van der Waals surface area contributed by atoms with E-state index in [9.17, 15) is 0 Å². The van der Waals surface area contributed by atoms with Crippen LogP contribution >= 0.6 is 22.9 Å². The maximum absolute atomic E-state index is 6.05. The normalized spacial score (nSPS) is 17.0. The third-order valence-electron chi connectivity index (χ3n) is 3.95. The van der Waals surface area contributed by atoms with Crippen LogP contribution in [0.5, 0.6) is 0 Å². The predicted octanol–water partition coefficient (Wildman–Crippen LogP) is 4.71. The first-order valence-corrected chi connectivity index (χ1v) is 8.04. The van der Waals surface area contributed by atoms with Gasteiger partial charge in [-0.1, -0.05) is 19.3 Å². The van der Waals surface area contributed by atoms with E-state index in [0.717, 1.165) is 16.0 Å². The zero-order valence-corrected chi connectivity index (χ0v) is 12.9. The highest BCUT2D eigenvalue weighted by molar-refractivity contribution is 7.18. The standard InChI is InChI=1S/C14H18ClN3S/c1-8-9(2)19-13-11(8)12(17-14(15)18-13)16-10-6-4-3-5-7-10/h10H,3-7H2,1-2H3,(H,16,17,18). The number of fused-ring (bicyclic) bond motifs is 1. The van der Waals surface area contributed by atoms with Crippen molar-refractivity contribution in [3.63, 3.8) is 0 Å². The Bertz CT molecular complexity index is 602. The Morgan fingerprint density at radius 2 is 1.89 bits per heavy atom. The van der Waals surface area contributed by atoms with Gasteiger partial charge in [-0.3, -0.25) is 0 Å². The molecule has 19 heavy (non-hydrogen) atoms. The van der Waals surface area contributed by atoms with Crippen molar-refractivity contribution in [2.45, 2.75) is 52.0 Å². The molecule has 0 amide bonds. The number of hydrogen-bond donors (Lipinski definition) is 1. The van der Waals surface area contributed by atoms with Crippen molar-refractivity contribution in [1.29, 1.82) is 0 Å². The van der Waals surface area contributed by atoms with Gasteiger partial charge in [-0.15, -0.1) is 11.3 Å². The first kappa shape index (κ1) is 13.1. The van der Waals surface area contributed by atoms with E-state index in [2.05, 4.69) is 29.1 Å².